The monoisotopic (exact) mass is 270 g/mol. The molecule has 104 valence electrons. The molecule has 0 radical (unpaired) electrons. The molecule has 5 heteroatoms. The quantitative estimate of drug-likeness (QED) is 0.587. The summed E-state index contributed by atoms with van der Waals surface area (Å²) >= 11 is 0. The van der Waals surface area contributed by atoms with Crippen molar-refractivity contribution in [3.63, 3.8) is 0 Å². The van der Waals surface area contributed by atoms with E-state index in [4.69, 9.17) is 5.84 Å². The minimum Gasteiger partial charge on any atom is -0.346 e. The zero-order valence-corrected chi connectivity index (χ0v) is 11.6. The van der Waals surface area contributed by atoms with Crippen LogP contribution in [0.2, 0.25) is 0 Å². The van der Waals surface area contributed by atoms with E-state index < -0.39 is 0 Å². The predicted octanol–water partition coefficient (Wildman–Crippen LogP) is 2.17. The van der Waals surface area contributed by atoms with Crippen LogP contribution in [0.15, 0.2) is 42.7 Å². The van der Waals surface area contributed by atoms with Crippen molar-refractivity contribution in [3.05, 3.63) is 59.4 Å². The Morgan fingerprint density at radius 2 is 1.95 bits per heavy atom. The number of aryl methyl sites for hydroxylation is 1. The van der Waals surface area contributed by atoms with Gasteiger partial charge >= 0.3 is 0 Å². The molecule has 1 aromatic heterocycles. The summed E-state index contributed by atoms with van der Waals surface area (Å²) in [6.45, 7) is 3.82. The summed E-state index contributed by atoms with van der Waals surface area (Å²) in [4.78, 5) is 16.2. The van der Waals surface area contributed by atoms with Gasteiger partial charge in [-0.05, 0) is 55.3 Å². The lowest BCUT2D eigenvalue weighted by Gasteiger charge is -2.15. The Hall–Kier alpha value is -2.40. The first-order chi connectivity index (χ1) is 9.61. The van der Waals surface area contributed by atoms with Gasteiger partial charge in [0, 0.05) is 23.6 Å². The number of benzene rings is 1. The summed E-state index contributed by atoms with van der Waals surface area (Å²) in [5, 5.41) is 2.97. The van der Waals surface area contributed by atoms with Crippen molar-refractivity contribution >= 4 is 11.6 Å². The molecular weight excluding hydrogens is 252 g/mol. The van der Waals surface area contributed by atoms with Gasteiger partial charge in [0.2, 0.25) is 0 Å². The van der Waals surface area contributed by atoms with Crippen LogP contribution in [0, 0.1) is 6.92 Å². The highest BCUT2D eigenvalue weighted by atomic mass is 16.1. The summed E-state index contributed by atoms with van der Waals surface area (Å²) in [7, 11) is 0. The van der Waals surface area contributed by atoms with Crippen LogP contribution in [-0.2, 0) is 0 Å². The molecule has 0 aliphatic carbocycles. The van der Waals surface area contributed by atoms with E-state index in [-0.39, 0.29) is 11.9 Å². The number of nitrogens with zero attached hydrogens (tertiary/aromatic N) is 1. The SMILES string of the molecule is Cc1cc(NN)ccc1C(=O)NC(C)c1ccncc1. The standard InChI is InChI=1S/C15H18N4O/c1-10-9-13(19-16)3-4-14(10)15(20)18-11(2)12-5-7-17-8-6-12/h3-9,11,19H,16H2,1-2H3,(H,18,20). The molecule has 1 amide bonds. The van der Waals surface area contributed by atoms with Crippen molar-refractivity contribution in [2.75, 3.05) is 5.43 Å². The fourth-order valence-electron chi connectivity index (χ4n) is 2.02. The summed E-state index contributed by atoms with van der Waals surface area (Å²) in [5.41, 5.74) is 5.88. The normalized spacial score (nSPS) is 11.8. The van der Waals surface area contributed by atoms with E-state index in [0.717, 1.165) is 16.8 Å². The van der Waals surface area contributed by atoms with Crippen molar-refractivity contribution in [2.45, 2.75) is 19.9 Å². The Bertz CT molecular complexity index is 598. The molecule has 0 saturated heterocycles. The van der Waals surface area contributed by atoms with Crippen LogP contribution in [0.1, 0.15) is 34.5 Å². The number of aromatic nitrogens is 1. The minimum absolute atomic E-state index is 0.0720. The number of hydrogen-bond donors (Lipinski definition) is 3. The van der Waals surface area contributed by atoms with Gasteiger partial charge in [0.15, 0.2) is 0 Å². The summed E-state index contributed by atoms with van der Waals surface area (Å²) in [5.74, 6) is 5.24. The molecule has 1 unspecified atom stereocenters. The van der Waals surface area contributed by atoms with Gasteiger partial charge in [0.05, 0.1) is 6.04 Å². The third kappa shape index (κ3) is 3.13. The van der Waals surface area contributed by atoms with Gasteiger partial charge in [-0.25, -0.2) is 0 Å². The van der Waals surface area contributed by atoms with Crippen LogP contribution < -0.4 is 16.6 Å². The third-order valence-corrected chi connectivity index (χ3v) is 3.19. The number of rotatable bonds is 4. The smallest absolute Gasteiger partial charge is 0.252 e. The number of anilines is 1. The van der Waals surface area contributed by atoms with Gasteiger partial charge in [0.1, 0.15) is 0 Å². The number of amides is 1. The lowest BCUT2D eigenvalue weighted by atomic mass is 10.1. The van der Waals surface area contributed by atoms with Gasteiger partial charge in [0.25, 0.3) is 5.91 Å². The average molecular weight is 270 g/mol. The van der Waals surface area contributed by atoms with Gasteiger partial charge in [-0.2, -0.15) is 0 Å². The molecule has 20 heavy (non-hydrogen) atoms. The predicted molar refractivity (Wildman–Crippen MR) is 79.1 cm³/mol. The highest BCUT2D eigenvalue weighted by Crippen LogP contribution is 2.16. The molecule has 0 spiro atoms. The lowest BCUT2D eigenvalue weighted by molar-refractivity contribution is 0.0939. The summed E-state index contributed by atoms with van der Waals surface area (Å²) < 4.78 is 0. The number of carbonyl (C=O) groups excluding carboxylic acids is 1. The molecule has 1 atom stereocenters. The highest BCUT2D eigenvalue weighted by molar-refractivity contribution is 5.96. The van der Waals surface area contributed by atoms with Crippen LogP contribution in [0.5, 0.6) is 0 Å². The molecule has 4 N–H and O–H groups in total. The number of pyridine rings is 1. The van der Waals surface area contributed by atoms with Crippen molar-refractivity contribution in [1.29, 1.82) is 0 Å². The van der Waals surface area contributed by atoms with E-state index in [2.05, 4.69) is 15.7 Å². The van der Waals surface area contributed by atoms with Gasteiger partial charge in [-0.1, -0.05) is 0 Å². The van der Waals surface area contributed by atoms with Gasteiger partial charge in [-0.3, -0.25) is 15.6 Å². The Labute approximate surface area is 118 Å². The van der Waals surface area contributed by atoms with Crippen molar-refractivity contribution in [1.82, 2.24) is 10.3 Å². The number of carbonyl (C=O) groups is 1. The number of nitrogens with one attached hydrogen (secondary N) is 2. The number of hydrogen-bond acceptors (Lipinski definition) is 4. The molecule has 2 rings (SSSR count). The minimum atomic E-state index is -0.101. The molecule has 0 bridgehead atoms. The van der Waals surface area contributed by atoms with Crippen LogP contribution in [0.4, 0.5) is 5.69 Å². The Balaban J connectivity index is 2.12. The maximum Gasteiger partial charge on any atom is 0.252 e. The second-order valence-corrected chi connectivity index (χ2v) is 4.65. The first-order valence-electron chi connectivity index (χ1n) is 6.40. The zero-order chi connectivity index (χ0) is 14.5. The molecule has 0 saturated carbocycles. The first kappa shape index (κ1) is 14.0. The molecule has 0 aliphatic rings. The van der Waals surface area contributed by atoms with Crippen LogP contribution >= 0.6 is 0 Å². The second-order valence-electron chi connectivity index (χ2n) is 4.65. The molecule has 5 nitrogen and oxygen atoms in total. The van der Waals surface area contributed by atoms with E-state index in [1.165, 1.54) is 0 Å². The Kier molecular flexibility index (Phi) is 4.32. The Morgan fingerprint density at radius 3 is 2.55 bits per heavy atom. The highest BCUT2D eigenvalue weighted by Gasteiger charge is 2.13. The molecule has 0 aliphatic heterocycles. The average Bonchev–Trinajstić information content (AvgIpc) is 2.47. The molecule has 1 aromatic carbocycles. The fraction of sp³-hybridized carbons (Fsp3) is 0.200. The number of hydrazine groups is 1. The van der Waals surface area contributed by atoms with E-state index in [1.807, 2.05) is 32.0 Å². The topological polar surface area (TPSA) is 80.0 Å². The summed E-state index contributed by atoms with van der Waals surface area (Å²) in [6.07, 6.45) is 3.43. The molecule has 1 heterocycles. The maximum absolute atomic E-state index is 12.3. The zero-order valence-electron chi connectivity index (χ0n) is 11.6. The van der Waals surface area contributed by atoms with E-state index >= 15 is 0 Å². The fourth-order valence-corrected chi connectivity index (χ4v) is 2.02. The lowest BCUT2D eigenvalue weighted by Crippen LogP contribution is -2.27. The van der Waals surface area contributed by atoms with Crippen LogP contribution in [-0.4, -0.2) is 10.9 Å². The van der Waals surface area contributed by atoms with Crippen molar-refractivity contribution < 1.29 is 4.79 Å². The van der Waals surface area contributed by atoms with Gasteiger partial charge in [-0.15, -0.1) is 0 Å². The van der Waals surface area contributed by atoms with Crippen LogP contribution in [0.25, 0.3) is 0 Å². The number of nitrogens with two attached hydrogens (primary N) is 1. The van der Waals surface area contributed by atoms with Crippen molar-refractivity contribution in [3.8, 4) is 0 Å². The number of nitrogen functional groups attached to an aromatic ring is 1. The van der Waals surface area contributed by atoms with Gasteiger partial charge < -0.3 is 10.7 Å². The molecule has 0 fully saturated rings. The molecular formula is C15H18N4O. The second kappa shape index (κ2) is 6.16. The summed E-state index contributed by atoms with van der Waals surface area (Å²) in [6, 6.07) is 9.08. The van der Waals surface area contributed by atoms with Crippen LogP contribution in [0.3, 0.4) is 0 Å². The van der Waals surface area contributed by atoms with E-state index in [0.29, 0.717) is 5.56 Å². The van der Waals surface area contributed by atoms with Crippen molar-refractivity contribution in [2.24, 2.45) is 5.84 Å². The van der Waals surface area contributed by atoms with E-state index in [9.17, 15) is 4.79 Å². The largest absolute Gasteiger partial charge is 0.346 e. The van der Waals surface area contributed by atoms with E-state index in [1.54, 1.807) is 24.5 Å². The molecule has 2 aromatic rings. The first-order valence-corrected chi connectivity index (χ1v) is 6.40. The third-order valence-electron chi connectivity index (χ3n) is 3.19. The Morgan fingerprint density at radius 1 is 1.25 bits per heavy atom. The maximum atomic E-state index is 12.3.